The van der Waals surface area contributed by atoms with Crippen LogP contribution in [-0.4, -0.2) is 28.0 Å². The molecule has 0 aliphatic heterocycles. The van der Waals surface area contributed by atoms with Crippen molar-refractivity contribution in [1.82, 2.24) is 0 Å². The van der Waals surface area contributed by atoms with Gasteiger partial charge >= 0.3 is 0 Å². The summed E-state index contributed by atoms with van der Waals surface area (Å²) in [6.45, 7) is 4.17. The molecule has 1 amide bonds. The highest BCUT2D eigenvalue weighted by molar-refractivity contribution is 7.89. The molecule has 0 radical (unpaired) electrons. The Hall–Kier alpha value is -1.44. The first-order valence-corrected chi connectivity index (χ1v) is 7.71. The summed E-state index contributed by atoms with van der Waals surface area (Å²) in [7, 11) is -2.20. The number of carbonyl (C=O) groups excluding carboxylic acids is 1. The first-order valence-electron chi connectivity index (χ1n) is 6.16. The number of aryl methyl sites for hydroxylation is 1. The fourth-order valence-electron chi connectivity index (χ4n) is 1.77. The Morgan fingerprint density at radius 3 is 2.65 bits per heavy atom. The number of ether oxygens (including phenoxy) is 1. The number of rotatable bonds is 6. The minimum Gasteiger partial charge on any atom is -0.384 e. The monoisotopic (exact) mass is 300 g/mol. The first-order chi connectivity index (χ1) is 9.24. The van der Waals surface area contributed by atoms with E-state index in [1.807, 2.05) is 6.92 Å². The zero-order valence-electron chi connectivity index (χ0n) is 11.8. The van der Waals surface area contributed by atoms with E-state index in [0.717, 1.165) is 5.56 Å². The van der Waals surface area contributed by atoms with Crippen molar-refractivity contribution in [2.24, 2.45) is 11.1 Å². The van der Waals surface area contributed by atoms with Crippen LogP contribution in [0.15, 0.2) is 23.1 Å². The van der Waals surface area contributed by atoms with Crippen molar-refractivity contribution in [2.45, 2.75) is 25.2 Å². The summed E-state index contributed by atoms with van der Waals surface area (Å²) in [5.74, 6) is -0.106. The van der Waals surface area contributed by atoms with Gasteiger partial charge in [0.05, 0.1) is 4.90 Å². The molecule has 0 fully saturated rings. The molecule has 112 valence electrons. The molecule has 0 saturated carbocycles. The van der Waals surface area contributed by atoms with Gasteiger partial charge in [0.2, 0.25) is 15.9 Å². The summed E-state index contributed by atoms with van der Waals surface area (Å²) in [5.41, 5.74) is 1.22. The van der Waals surface area contributed by atoms with Crippen LogP contribution in [0, 0.1) is 12.8 Å². The van der Waals surface area contributed by atoms with Crippen LogP contribution in [-0.2, 0) is 19.6 Å². The molecule has 1 rings (SSSR count). The van der Waals surface area contributed by atoms with Crippen LogP contribution >= 0.6 is 0 Å². The number of anilines is 1. The lowest BCUT2D eigenvalue weighted by Crippen LogP contribution is -2.19. The van der Waals surface area contributed by atoms with Crippen LogP contribution in [0.4, 0.5) is 5.69 Å². The average molecular weight is 300 g/mol. The number of sulfonamides is 1. The molecule has 0 aliphatic rings. The maximum atomic E-state index is 11.9. The van der Waals surface area contributed by atoms with Crippen molar-refractivity contribution in [3.63, 3.8) is 0 Å². The lowest BCUT2D eigenvalue weighted by molar-refractivity contribution is -0.117. The second-order valence-electron chi connectivity index (χ2n) is 4.83. The first kappa shape index (κ1) is 16.6. The predicted molar refractivity (Wildman–Crippen MR) is 76.8 cm³/mol. The van der Waals surface area contributed by atoms with Crippen LogP contribution < -0.4 is 10.5 Å². The molecular formula is C13H20N2O4S. The van der Waals surface area contributed by atoms with Crippen LogP contribution in [0.1, 0.15) is 18.9 Å². The molecule has 0 bridgehead atoms. The van der Waals surface area contributed by atoms with E-state index in [2.05, 4.69) is 5.32 Å². The Kier molecular flexibility index (Phi) is 5.67. The predicted octanol–water partition coefficient (Wildman–Crippen LogP) is 1.25. The number of hydrogen-bond donors (Lipinski definition) is 2. The Labute approximate surface area is 119 Å². The number of benzene rings is 1. The summed E-state index contributed by atoms with van der Waals surface area (Å²) in [6.07, 6.45) is 0.298. The summed E-state index contributed by atoms with van der Waals surface area (Å²) >= 11 is 0. The summed E-state index contributed by atoms with van der Waals surface area (Å²) in [5, 5.41) is 7.77. The van der Waals surface area contributed by atoms with E-state index in [0.29, 0.717) is 18.7 Å². The number of hydrogen-bond acceptors (Lipinski definition) is 4. The van der Waals surface area contributed by atoms with Crippen LogP contribution in [0.5, 0.6) is 0 Å². The number of nitrogens with two attached hydrogens (primary N) is 1. The molecule has 1 aromatic rings. The number of nitrogens with one attached hydrogen (secondary N) is 1. The Morgan fingerprint density at radius 1 is 1.45 bits per heavy atom. The van der Waals surface area contributed by atoms with Gasteiger partial charge in [-0.1, -0.05) is 13.0 Å². The number of carbonyl (C=O) groups is 1. The molecule has 0 spiro atoms. The van der Waals surface area contributed by atoms with Gasteiger partial charge in [0.25, 0.3) is 0 Å². The summed E-state index contributed by atoms with van der Waals surface area (Å²) in [4.78, 5) is 11.8. The maximum Gasteiger partial charge on any atom is 0.238 e. The minimum atomic E-state index is -3.78. The van der Waals surface area contributed by atoms with Crippen molar-refractivity contribution >= 4 is 21.6 Å². The molecule has 3 N–H and O–H groups in total. The fourth-order valence-corrected chi connectivity index (χ4v) is 2.31. The molecule has 1 aromatic carbocycles. The Bertz CT molecular complexity index is 584. The fraction of sp³-hybridized carbons (Fsp3) is 0.462. The van der Waals surface area contributed by atoms with E-state index >= 15 is 0 Å². The van der Waals surface area contributed by atoms with Crippen molar-refractivity contribution in [2.75, 3.05) is 19.0 Å². The highest BCUT2D eigenvalue weighted by Gasteiger charge is 2.13. The van der Waals surface area contributed by atoms with Gasteiger partial charge in [0.15, 0.2) is 0 Å². The number of primary sulfonamides is 1. The Morgan fingerprint density at radius 2 is 2.10 bits per heavy atom. The van der Waals surface area contributed by atoms with E-state index in [-0.39, 0.29) is 16.7 Å². The lowest BCUT2D eigenvalue weighted by atomic mass is 10.1. The molecule has 0 aromatic heterocycles. The smallest absolute Gasteiger partial charge is 0.238 e. The number of amides is 1. The van der Waals surface area contributed by atoms with Gasteiger partial charge in [-0.15, -0.1) is 0 Å². The molecule has 1 atom stereocenters. The topological polar surface area (TPSA) is 98.5 Å². The van der Waals surface area contributed by atoms with E-state index < -0.39 is 10.0 Å². The van der Waals surface area contributed by atoms with E-state index in [1.165, 1.54) is 12.1 Å². The van der Waals surface area contributed by atoms with E-state index in [9.17, 15) is 13.2 Å². The highest BCUT2D eigenvalue weighted by atomic mass is 32.2. The van der Waals surface area contributed by atoms with Crippen LogP contribution in [0.3, 0.4) is 0 Å². The van der Waals surface area contributed by atoms with Crippen LogP contribution in [0.25, 0.3) is 0 Å². The minimum absolute atomic E-state index is 0.0247. The second kappa shape index (κ2) is 6.83. The van der Waals surface area contributed by atoms with E-state index in [4.69, 9.17) is 9.88 Å². The molecule has 20 heavy (non-hydrogen) atoms. The zero-order chi connectivity index (χ0) is 15.3. The molecule has 0 saturated heterocycles. The normalized spacial score (nSPS) is 13.0. The molecule has 6 nitrogen and oxygen atoms in total. The third kappa shape index (κ3) is 4.92. The average Bonchev–Trinajstić information content (AvgIpc) is 2.30. The zero-order valence-corrected chi connectivity index (χ0v) is 12.7. The number of methoxy groups -OCH3 is 1. The summed E-state index contributed by atoms with van der Waals surface area (Å²) in [6, 6.07) is 4.38. The molecular weight excluding hydrogens is 280 g/mol. The van der Waals surface area contributed by atoms with Crippen molar-refractivity contribution in [3.8, 4) is 0 Å². The van der Waals surface area contributed by atoms with E-state index in [1.54, 1.807) is 20.1 Å². The van der Waals surface area contributed by atoms with Crippen molar-refractivity contribution < 1.29 is 17.9 Å². The standard InChI is InChI=1S/C13H20N2O4S/c1-9(8-19-3)6-13(16)15-12-7-11(20(14,17)18)5-4-10(12)2/h4-5,7,9H,6,8H2,1-3H3,(H,15,16)(H2,14,17,18). The quantitative estimate of drug-likeness (QED) is 0.826. The van der Waals surface area contributed by atoms with Gasteiger partial charge in [0, 0.05) is 25.8 Å². The molecule has 0 heterocycles. The van der Waals surface area contributed by atoms with Gasteiger partial charge in [0.1, 0.15) is 0 Å². The maximum absolute atomic E-state index is 11.9. The van der Waals surface area contributed by atoms with Crippen LogP contribution in [0.2, 0.25) is 0 Å². The van der Waals surface area contributed by atoms with Crippen molar-refractivity contribution in [3.05, 3.63) is 23.8 Å². The summed E-state index contributed by atoms with van der Waals surface area (Å²) < 4.78 is 27.6. The molecule has 7 heteroatoms. The van der Waals surface area contributed by atoms with Crippen molar-refractivity contribution in [1.29, 1.82) is 0 Å². The lowest BCUT2D eigenvalue weighted by Gasteiger charge is -2.12. The largest absolute Gasteiger partial charge is 0.384 e. The van der Waals surface area contributed by atoms with Gasteiger partial charge in [-0.05, 0) is 30.5 Å². The van der Waals surface area contributed by atoms with Gasteiger partial charge in [-0.25, -0.2) is 13.6 Å². The SMILES string of the molecule is COCC(C)CC(=O)Nc1cc(S(N)(=O)=O)ccc1C. The third-order valence-corrected chi connectivity index (χ3v) is 3.71. The van der Waals surface area contributed by atoms with Gasteiger partial charge in [-0.3, -0.25) is 4.79 Å². The highest BCUT2D eigenvalue weighted by Crippen LogP contribution is 2.20. The van der Waals surface area contributed by atoms with Gasteiger partial charge in [-0.2, -0.15) is 0 Å². The third-order valence-electron chi connectivity index (χ3n) is 2.80. The molecule has 0 aliphatic carbocycles. The molecule has 1 unspecified atom stereocenters. The Balaban J connectivity index is 2.84. The second-order valence-corrected chi connectivity index (χ2v) is 6.40. The van der Waals surface area contributed by atoms with Gasteiger partial charge < -0.3 is 10.1 Å².